The van der Waals surface area contributed by atoms with Gasteiger partial charge < -0.3 is 9.84 Å². The number of carbonyl (C=O) groups is 2. The van der Waals surface area contributed by atoms with Gasteiger partial charge in [0.15, 0.2) is 0 Å². The second-order valence-electron chi connectivity index (χ2n) is 8.55. The summed E-state index contributed by atoms with van der Waals surface area (Å²) in [5.74, 6) is -0.751. The van der Waals surface area contributed by atoms with Gasteiger partial charge in [0.25, 0.3) is 5.91 Å². The summed E-state index contributed by atoms with van der Waals surface area (Å²) in [6.07, 6.45) is 1.69. The lowest BCUT2D eigenvalue weighted by molar-refractivity contribution is -0.146. The molecule has 1 saturated heterocycles. The van der Waals surface area contributed by atoms with Crippen LogP contribution in [-0.4, -0.2) is 42.0 Å². The van der Waals surface area contributed by atoms with E-state index in [9.17, 15) is 14.7 Å². The second kappa shape index (κ2) is 10.1. The Balaban J connectivity index is 1.81. The minimum atomic E-state index is -1.09. The van der Waals surface area contributed by atoms with E-state index in [2.05, 4.69) is 5.10 Å². The molecule has 0 saturated carbocycles. The predicted octanol–water partition coefficient (Wildman–Crippen LogP) is 5.59. The molecule has 4 rings (SSSR count). The highest BCUT2D eigenvalue weighted by atomic mass is 32.2. The first-order valence-corrected chi connectivity index (χ1v) is 12.3. The van der Waals surface area contributed by atoms with Crippen molar-refractivity contribution in [3.8, 4) is 17.3 Å². The predicted molar refractivity (Wildman–Crippen MR) is 141 cm³/mol. The minimum Gasteiger partial charge on any atom is -0.480 e. The molecule has 0 bridgehead atoms. The number of aromatic nitrogens is 2. The maximum atomic E-state index is 13.3. The quantitative estimate of drug-likeness (QED) is 0.329. The van der Waals surface area contributed by atoms with Crippen LogP contribution in [0.3, 0.4) is 0 Å². The monoisotopic (exact) mass is 507 g/mol. The fourth-order valence-electron chi connectivity index (χ4n) is 3.86. The molecule has 1 aromatic heterocycles. The van der Waals surface area contributed by atoms with Gasteiger partial charge in [-0.1, -0.05) is 68.2 Å². The molecular weight excluding hydrogens is 482 g/mol. The third-order valence-corrected chi connectivity index (χ3v) is 6.86. The first-order valence-electron chi connectivity index (χ1n) is 11.1. The van der Waals surface area contributed by atoms with Crippen molar-refractivity contribution in [3.63, 3.8) is 0 Å². The molecule has 0 aliphatic carbocycles. The van der Waals surface area contributed by atoms with Crippen molar-refractivity contribution in [3.05, 3.63) is 76.3 Å². The van der Waals surface area contributed by atoms with Gasteiger partial charge in [0.05, 0.1) is 21.8 Å². The molecule has 180 valence electrons. The molecular formula is C26H25N3O4S2. The zero-order chi connectivity index (χ0) is 25.3. The lowest BCUT2D eigenvalue weighted by Crippen LogP contribution is -2.47. The molecule has 0 unspecified atom stereocenters. The smallest absolute Gasteiger partial charge is 0.327 e. The summed E-state index contributed by atoms with van der Waals surface area (Å²) in [5, 5.41) is 14.4. The molecule has 35 heavy (non-hydrogen) atoms. The molecule has 1 fully saturated rings. The summed E-state index contributed by atoms with van der Waals surface area (Å²) < 4.78 is 8.23. The van der Waals surface area contributed by atoms with E-state index in [0.29, 0.717) is 27.8 Å². The van der Waals surface area contributed by atoms with Gasteiger partial charge in [-0.05, 0) is 55.7 Å². The van der Waals surface area contributed by atoms with Gasteiger partial charge in [0.2, 0.25) is 5.88 Å². The van der Waals surface area contributed by atoms with Crippen LogP contribution >= 0.6 is 24.0 Å². The van der Waals surface area contributed by atoms with E-state index >= 15 is 0 Å². The van der Waals surface area contributed by atoms with Gasteiger partial charge in [0.1, 0.15) is 16.1 Å². The highest BCUT2D eigenvalue weighted by Gasteiger charge is 2.42. The van der Waals surface area contributed by atoms with Gasteiger partial charge in [-0.3, -0.25) is 9.69 Å². The fraction of sp³-hybridized carbons (Fsp3) is 0.231. The molecule has 2 heterocycles. The van der Waals surface area contributed by atoms with E-state index < -0.39 is 17.9 Å². The van der Waals surface area contributed by atoms with E-state index in [1.165, 1.54) is 4.90 Å². The summed E-state index contributed by atoms with van der Waals surface area (Å²) >= 11 is 6.49. The summed E-state index contributed by atoms with van der Waals surface area (Å²) in [6.45, 7) is 7.32. The van der Waals surface area contributed by atoms with Crippen LogP contribution in [0.4, 0.5) is 0 Å². The van der Waals surface area contributed by atoms with Gasteiger partial charge in [0, 0.05) is 0 Å². The molecule has 1 N–H and O–H groups in total. The zero-order valence-corrected chi connectivity index (χ0v) is 21.4. The van der Waals surface area contributed by atoms with Crippen LogP contribution in [-0.2, 0) is 9.59 Å². The number of aliphatic carboxylic acids is 1. The van der Waals surface area contributed by atoms with Crippen molar-refractivity contribution in [1.82, 2.24) is 14.7 Å². The molecule has 1 aliphatic rings. The van der Waals surface area contributed by atoms with Gasteiger partial charge in [-0.25, -0.2) is 4.79 Å². The number of amides is 1. The first kappa shape index (κ1) is 24.7. The Hall–Kier alpha value is -3.43. The van der Waals surface area contributed by atoms with Gasteiger partial charge in [-0.2, -0.15) is 9.78 Å². The second-order valence-corrected chi connectivity index (χ2v) is 10.2. The number of thiocarbonyl (C=S) groups is 1. The first-order chi connectivity index (χ1) is 16.7. The van der Waals surface area contributed by atoms with Crippen molar-refractivity contribution >= 4 is 46.3 Å². The minimum absolute atomic E-state index is 0.219. The van der Waals surface area contributed by atoms with Crippen molar-refractivity contribution in [2.24, 2.45) is 5.92 Å². The fourth-order valence-corrected chi connectivity index (χ4v) is 5.17. The van der Waals surface area contributed by atoms with E-state index in [1.807, 2.05) is 68.4 Å². The van der Waals surface area contributed by atoms with E-state index in [4.69, 9.17) is 17.0 Å². The van der Waals surface area contributed by atoms with Gasteiger partial charge >= 0.3 is 5.97 Å². The number of thioether (sulfide) groups is 1. The van der Waals surface area contributed by atoms with E-state index in [1.54, 1.807) is 24.6 Å². The van der Waals surface area contributed by atoms with Crippen LogP contribution < -0.4 is 4.74 Å². The van der Waals surface area contributed by atoms with E-state index in [0.717, 1.165) is 23.0 Å². The average molecular weight is 508 g/mol. The highest BCUT2D eigenvalue weighted by Crippen LogP contribution is 2.39. The number of hydrogen-bond acceptors (Lipinski definition) is 6. The summed E-state index contributed by atoms with van der Waals surface area (Å²) in [7, 11) is 0. The third-order valence-electron chi connectivity index (χ3n) is 5.53. The summed E-state index contributed by atoms with van der Waals surface area (Å²) in [5.41, 5.74) is 3.12. The summed E-state index contributed by atoms with van der Waals surface area (Å²) in [4.78, 5) is 26.7. The third kappa shape index (κ3) is 5.01. The van der Waals surface area contributed by atoms with Crippen LogP contribution in [0, 0.1) is 19.8 Å². The normalized spacial score (nSPS) is 15.8. The summed E-state index contributed by atoms with van der Waals surface area (Å²) in [6, 6.07) is 16.2. The Kier molecular flexibility index (Phi) is 7.09. The molecule has 1 amide bonds. The maximum absolute atomic E-state index is 13.3. The number of carboxylic acid groups (broad SMARTS) is 1. The molecule has 7 nitrogen and oxygen atoms in total. The molecule has 1 aliphatic heterocycles. The number of hydrogen-bond donors (Lipinski definition) is 1. The molecule has 3 aromatic rings. The number of nitrogens with zero attached hydrogens (tertiary/aromatic N) is 3. The number of rotatable bonds is 7. The Labute approximate surface area is 213 Å². The van der Waals surface area contributed by atoms with E-state index in [-0.39, 0.29) is 10.2 Å². The topological polar surface area (TPSA) is 84.7 Å². The van der Waals surface area contributed by atoms with Crippen LogP contribution in [0.5, 0.6) is 11.6 Å². The van der Waals surface area contributed by atoms with Crippen LogP contribution in [0.15, 0.2) is 59.5 Å². The lowest BCUT2D eigenvalue weighted by atomic mass is 10.0. The van der Waals surface area contributed by atoms with Crippen molar-refractivity contribution in [1.29, 1.82) is 0 Å². The Morgan fingerprint density at radius 3 is 2.49 bits per heavy atom. The van der Waals surface area contributed by atoms with Gasteiger partial charge in [-0.15, -0.1) is 0 Å². The largest absolute Gasteiger partial charge is 0.480 e. The zero-order valence-electron chi connectivity index (χ0n) is 19.8. The van der Waals surface area contributed by atoms with Crippen LogP contribution in [0.2, 0.25) is 0 Å². The number of carboxylic acids is 1. The van der Waals surface area contributed by atoms with Crippen molar-refractivity contribution in [2.75, 3.05) is 0 Å². The molecule has 1 atom stereocenters. The lowest BCUT2D eigenvalue weighted by Gasteiger charge is -2.26. The number of benzene rings is 2. The average Bonchev–Trinajstić information content (AvgIpc) is 3.25. The Morgan fingerprint density at radius 2 is 1.86 bits per heavy atom. The molecule has 0 spiro atoms. The van der Waals surface area contributed by atoms with Crippen LogP contribution in [0.1, 0.15) is 30.7 Å². The number of ether oxygens (including phenoxy) is 1. The van der Waals surface area contributed by atoms with Crippen LogP contribution in [0.25, 0.3) is 11.8 Å². The Morgan fingerprint density at radius 1 is 1.14 bits per heavy atom. The SMILES string of the molecule is Cc1cccc(Oc2c(/C=C3\SC(=S)N([C@H](C(=O)O)C(C)C)C3=O)c(C)nn2-c2ccccc2)c1. The number of para-hydroxylation sites is 1. The highest BCUT2D eigenvalue weighted by molar-refractivity contribution is 8.26. The Bertz CT molecular complexity index is 1330. The van der Waals surface area contributed by atoms with Crippen molar-refractivity contribution < 1.29 is 19.4 Å². The number of carbonyl (C=O) groups excluding carboxylic acids is 1. The molecule has 9 heteroatoms. The standard InChI is InChI=1S/C26H25N3O4S2/c1-15(2)22(25(31)32)28-23(30)21(35-26(28)34)14-20-17(4)27-29(18-10-6-5-7-11-18)24(20)33-19-12-8-9-16(3)13-19/h5-15,22H,1-4H3,(H,31,32)/b21-14-/t22-/m0/s1. The molecule has 2 aromatic carbocycles. The molecule has 0 radical (unpaired) electrons. The number of aryl methyl sites for hydroxylation is 2. The van der Waals surface area contributed by atoms with Crippen molar-refractivity contribution in [2.45, 2.75) is 33.7 Å². The maximum Gasteiger partial charge on any atom is 0.327 e.